The second-order valence-electron chi connectivity index (χ2n) is 2.16. The molecule has 0 radical (unpaired) electrons. The molecule has 1 rings (SSSR count). The molecule has 0 spiro atoms. The van der Waals surface area contributed by atoms with Gasteiger partial charge in [-0.25, -0.2) is 0 Å². The molecule has 0 aromatic carbocycles. The quantitative estimate of drug-likeness (QED) is 0.483. The summed E-state index contributed by atoms with van der Waals surface area (Å²) in [6, 6.07) is 0. The van der Waals surface area contributed by atoms with Crippen LogP contribution in [0, 0.1) is 18.3 Å². The topological polar surface area (TPSA) is 9.23 Å². The summed E-state index contributed by atoms with van der Waals surface area (Å²) in [4.78, 5) is 0. The smallest absolute Gasteiger partial charge is 0.120 e. The number of rotatable bonds is 2. The van der Waals surface area contributed by atoms with E-state index >= 15 is 0 Å². The molecule has 1 fully saturated rings. The minimum Gasteiger partial charge on any atom is -0.368 e. The van der Waals surface area contributed by atoms with Crippen LogP contribution in [-0.4, -0.2) is 13.2 Å². The number of hydrogen-bond acceptors (Lipinski definition) is 1. The molecule has 0 N–H and O–H groups in total. The molecule has 1 atom stereocenters. The summed E-state index contributed by atoms with van der Waals surface area (Å²) >= 11 is 0. The Kier molecular flexibility index (Phi) is 1.55. The third kappa shape index (κ3) is 1.02. The van der Waals surface area contributed by atoms with Crippen LogP contribution in [0.1, 0.15) is 12.8 Å². The van der Waals surface area contributed by atoms with Gasteiger partial charge in [0.15, 0.2) is 0 Å². The van der Waals surface area contributed by atoms with Crippen molar-refractivity contribution < 1.29 is 4.74 Å². The molecule has 1 heteroatoms. The summed E-state index contributed by atoms with van der Waals surface area (Å²) in [5.74, 6) is 3.26. The summed E-state index contributed by atoms with van der Waals surface area (Å²) in [7, 11) is 1.67. The van der Waals surface area contributed by atoms with E-state index in [1.54, 1.807) is 7.11 Å². The highest BCUT2D eigenvalue weighted by atomic mass is 16.5. The van der Waals surface area contributed by atoms with Crippen molar-refractivity contribution in [3.05, 3.63) is 0 Å². The second kappa shape index (κ2) is 2.19. The van der Waals surface area contributed by atoms with Gasteiger partial charge in [-0.3, -0.25) is 0 Å². The fourth-order valence-corrected chi connectivity index (χ4v) is 0.796. The Morgan fingerprint density at radius 3 is 2.50 bits per heavy atom. The molecule has 0 aliphatic heterocycles. The first-order valence-electron chi connectivity index (χ1n) is 2.87. The van der Waals surface area contributed by atoms with Crippen molar-refractivity contribution in [2.45, 2.75) is 18.9 Å². The lowest BCUT2D eigenvalue weighted by molar-refractivity contribution is 0.131. The Morgan fingerprint density at radius 1 is 1.75 bits per heavy atom. The molecule has 0 amide bonds. The zero-order valence-electron chi connectivity index (χ0n) is 5.05. The van der Waals surface area contributed by atoms with Crippen LogP contribution < -0.4 is 0 Å². The summed E-state index contributed by atoms with van der Waals surface area (Å²) < 4.78 is 4.99. The minimum absolute atomic E-state index is 0.0926. The molecular formula is C7H10O. The van der Waals surface area contributed by atoms with Gasteiger partial charge in [-0.2, -0.15) is 0 Å². The van der Waals surface area contributed by atoms with Crippen molar-refractivity contribution in [2.75, 3.05) is 7.11 Å². The molecule has 1 unspecified atom stereocenters. The largest absolute Gasteiger partial charge is 0.368 e. The molecule has 44 valence electrons. The summed E-state index contributed by atoms with van der Waals surface area (Å²) in [6.07, 6.45) is 7.75. The van der Waals surface area contributed by atoms with Crippen LogP contribution in [0.3, 0.4) is 0 Å². The van der Waals surface area contributed by atoms with E-state index in [0.717, 1.165) is 0 Å². The van der Waals surface area contributed by atoms with E-state index in [2.05, 4.69) is 5.92 Å². The van der Waals surface area contributed by atoms with Crippen LogP contribution in [-0.2, 0) is 4.74 Å². The molecule has 0 bridgehead atoms. The van der Waals surface area contributed by atoms with Crippen molar-refractivity contribution in [2.24, 2.45) is 5.92 Å². The molecule has 1 aliphatic rings. The number of methoxy groups -OCH3 is 1. The van der Waals surface area contributed by atoms with Crippen molar-refractivity contribution in [3.63, 3.8) is 0 Å². The van der Waals surface area contributed by atoms with Gasteiger partial charge in [0.05, 0.1) is 0 Å². The molecule has 1 aliphatic carbocycles. The maximum absolute atomic E-state index is 5.15. The minimum atomic E-state index is 0.0926. The van der Waals surface area contributed by atoms with Gasteiger partial charge in [0.2, 0.25) is 0 Å². The third-order valence-corrected chi connectivity index (χ3v) is 1.47. The van der Waals surface area contributed by atoms with Gasteiger partial charge in [0.1, 0.15) is 6.10 Å². The Labute approximate surface area is 50.0 Å². The molecule has 0 heterocycles. The first-order chi connectivity index (χ1) is 3.88. The zero-order chi connectivity index (χ0) is 5.98. The summed E-state index contributed by atoms with van der Waals surface area (Å²) in [6.45, 7) is 0. The lowest BCUT2D eigenvalue weighted by Crippen LogP contribution is -2.08. The van der Waals surface area contributed by atoms with Gasteiger partial charge < -0.3 is 4.74 Å². The third-order valence-electron chi connectivity index (χ3n) is 1.47. The number of terminal acetylenes is 1. The predicted molar refractivity (Wildman–Crippen MR) is 32.4 cm³/mol. The van der Waals surface area contributed by atoms with E-state index < -0.39 is 0 Å². The van der Waals surface area contributed by atoms with Gasteiger partial charge in [0.25, 0.3) is 0 Å². The van der Waals surface area contributed by atoms with E-state index in [9.17, 15) is 0 Å². The molecule has 1 nitrogen and oxygen atoms in total. The first-order valence-corrected chi connectivity index (χ1v) is 2.87. The Balaban J connectivity index is 2.29. The van der Waals surface area contributed by atoms with Crippen molar-refractivity contribution >= 4 is 0 Å². The molecule has 8 heavy (non-hydrogen) atoms. The van der Waals surface area contributed by atoms with E-state index in [4.69, 9.17) is 11.2 Å². The molecule has 1 saturated carbocycles. The summed E-state index contributed by atoms with van der Waals surface area (Å²) in [5, 5.41) is 0. The van der Waals surface area contributed by atoms with Gasteiger partial charge in [-0.05, 0) is 18.8 Å². The van der Waals surface area contributed by atoms with Crippen LogP contribution in [0.5, 0.6) is 0 Å². The zero-order valence-corrected chi connectivity index (χ0v) is 5.05. The molecule has 0 saturated heterocycles. The predicted octanol–water partition coefficient (Wildman–Crippen LogP) is 1.04. The highest BCUT2D eigenvalue weighted by molar-refractivity contribution is 5.02. The van der Waals surface area contributed by atoms with Crippen LogP contribution >= 0.6 is 0 Å². The van der Waals surface area contributed by atoms with Crippen LogP contribution in [0.25, 0.3) is 0 Å². The highest BCUT2D eigenvalue weighted by Crippen LogP contribution is 2.33. The average Bonchev–Trinajstić information content (AvgIpc) is 2.53. The van der Waals surface area contributed by atoms with Crippen LogP contribution in [0.2, 0.25) is 0 Å². The van der Waals surface area contributed by atoms with Crippen molar-refractivity contribution in [3.8, 4) is 12.3 Å². The van der Waals surface area contributed by atoms with E-state index in [0.29, 0.717) is 5.92 Å². The van der Waals surface area contributed by atoms with Crippen LogP contribution in [0.15, 0.2) is 0 Å². The normalized spacial score (nSPS) is 22.0. The van der Waals surface area contributed by atoms with E-state index in [-0.39, 0.29) is 6.10 Å². The first kappa shape index (κ1) is 5.65. The second-order valence-corrected chi connectivity index (χ2v) is 2.16. The lowest BCUT2D eigenvalue weighted by atomic mass is 10.2. The van der Waals surface area contributed by atoms with Gasteiger partial charge in [0, 0.05) is 7.11 Å². The average molecular weight is 110 g/mol. The number of ether oxygens (including phenoxy) is 1. The maximum atomic E-state index is 5.15. The standard InChI is InChI=1S/C7H10O/c1-3-7(8-2)6-4-5-6/h1,6-7H,4-5H2,2H3. The van der Waals surface area contributed by atoms with Crippen molar-refractivity contribution in [1.82, 2.24) is 0 Å². The lowest BCUT2D eigenvalue weighted by Gasteiger charge is -2.03. The Morgan fingerprint density at radius 2 is 2.38 bits per heavy atom. The van der Waals surface area contributed by atoms with Gasteiger partial charge >= 0.3 is 0 Å². The van der Waals surface area contributed by atoms with Gasteiger partial charge in [-0.1, -0.05) is 5.92 Å². The Hall–Kier alpha value is -0.480. The van der Waals surface area contributed by atoms with E-state index in [1.165, 1.54) is 12.8 Å². The highest BCUT2D eigenvalue weighted by Gasteiger charge is 2.29. The molecular weight excluding hydrogens is 100 g/mol. The maximum Gasteiger partial charge on any atom is 0.120 e. The Bertz CT molecular complexity index is 108. The monoisotopic (exact) mass is 110 g/mol. The molecule has 0 aromatic rings. The SMILES string of the molecule is C#CC(OC)C1CC1. The fourth-order valence-electron chi connectivity index (χ4n) is 0.796. The molecule has 0 aromatic heterocycles. The number of hydrogen-bond donors (Lipinski definition) is 0. The van der Waals surface area contributed by atoms with E-state index in [1.807, 2.05) is 0 Å². The van der Waals surface area contributed by atoms with Crippen LogP contribution in [0.4, 0.5) is 0 Å². The van der Waals surface area contributed by atoms with Gasteiger partial charge in [-0.15, -0.1) is 6.42 Å². The summed E-state index contributed by atoms with van der Waals surface area (Å²) in [5.41, 5.74) is 0. The fraction of sp³-hybridized carbons (Fsp3) is 0.714. The van der Waals surface area contributed by atoms with Crippen molar-refractivity contribution in [1.29, 1.82) is 0 Å².